The second kappa shape index (κ2) is 8.29. The summed E-state index contributed by atoms with van der Waals surface area (Å²) in [7, 11) is 1.79. The first-order valence-electron chi connectivity index (χ1n) is 8.75. The van der Waals surface area contributed by atoms with E-state index in [0.717, 1.165) is 37.6 Å². The van der Waals surface area contributed by atoms with Gasteiger partial charge in [0.15, 0.2) is 0 Å². The van der Waals surface area contributed by atoms with Gasteiger partial charge in [-0.25, -0.2) is 4.39 Å². The zero-order valence-corrected chi connectivity index (χ0v) is 14.9. The standard InChI is InChI=1S/C18H25FN6O/c1-21-16-10-17(23-18(20)22-16)25-8-7-24(15(12-25)6-9-26)11-13-2-4-14(19)5-3-13/h2-5,10,15,26H,6-9,11-12H2,1H3,(H3,20,21,22,23). The lowest BCUT2D eigenvalue weighted by molar-refractivity contribution is 0.135. The number of aliphatic hydroxyl groups is 1. The van der Waals surface area contributed by atoms with E-state index in [1.165, 1.54) is 12.1 Å². The monoisotopic (exact) mass is 360 g/mol. The third kappa shape index (κ3) is 4.39. The topological polar surface area (TPSA) is 90.5 Å². The Hall–Kier alpha value is -2.45. The summed E-state index contributed by atoms with van der Waals surface area (Å²) < 4.78 is 13.1. The molecule has 3 rings (SSSR count). The fraction of sp³-hybridized carbons (Fsp3) is 0.444. The summed E-state index contributed by atoms with van der Waals surface area (Å²) in [6.45, 7) is 3.20. The van der Waals surface area contributed by atoms with E-state index < -0.39 is 0 Å². The highest BCUT2D eigenvalue weighted by Crippen LogP contribution is 2.23. The molecule has 4 N–H and O–H groups in total. The number of nitrogens with two attached hydrogens (primary N) is 1. The van der Waals surface area contributed by atoms with Crippen LogP contribution in [0.25, 0.3) is 0 Å². The van der Waals surface area contributed by atoms with Gasteiger partial charge in [0.05, 0.1) is 0 Å². The van der Waals surface area contributed by atoms with Crippen LogP contribution in [-0.4, -0.2) is 59.3 Å². The lowest BCUT2D eigenvalue weighted by Gasteiger charge is -2.42. The van der Waals surface area contributed by atoms with Gasteiger partial charge in [-0.2, -0.15) is 9.97 Å². The van der Waals surface area contributed by atoms with Crippen LogP contribution in [0, 0.1) is 5.82 Å². The fourth-order valence-corrected chi connectivity index (χ4v) is 3.30. The molecule has 1 aromatic heterocycles. The number of nitrogens with zero attached hydrogens (tertiary/aromatic N) is 4. The number of rotatable bonds is 6. The van der Waals surface area contributed by atoms with Gasteiger partial charge in [-0.15, -0.1) is 0 Å². The summed E-state index contributed by atoms with van der Waals surface area (Å²) >= 11 is 0. The largest absolute Gasteiger partial charge is 0.396 e. The number of nitrogens with one attached hydrogen (secondary N) is 1. The van der Waals surface area contributed by atoms with Crippen molar-refractivity contribution < 1.29 is 9.50 Å². The van der Waals surface area contributed by atoms with Crippen molar-refractivity contribution in [3.05, 3.63) is 41.7 Å². The van der Waals surface area contributed by atoms with Crippen LogP contribution in [0.4, 0.5) is 22.0 Å². The number of piperazine rings is 1. The quantitative estimate of drug-likeness (QED) is 0.715. The smallest absolute Gasteiger partial charge is 0.223 e. The maximum Gasteiger partial charge on any atom is 0.223 e. The van der Waals surface area contributed by atoms with Gasteiger partial charge in [-0.3, -0.25) is 4.90 Å². The minimum absolute atomic E-state index is 0.117. The molecule has 0 aliphatic carbocycles. The van der Waals surface area contributed by atoms with Gasteiger partial charge in [-0.05, 0) is 24.1 Å². The summed E-state index contributed by atoms with van der Waals surface area (Å²) in [6, 6.07) is 8.63. The van der Waals surface area contributed by atoms with E-state index in [2.05, 4.69) is 25.1 Å². The molecular formula is C18H25FN6O. The van der Waals surface area contributed by atoms with E-state index in [1.807, 2.05) is 18.2 Å². The van der Waals surface area contributed by atoms with Gasteiger partial charge < -0.3 is 21.1 Å². The van der Waals surface area contributed by atoms with Gasteiger partial charge in [0.2, 0.25) is 5.95 Å². The fourth-order valence-electron chi connectivity index (χ4n) is 3.30. The molecule has 0 radical (unpaired) electrons. The molecular weight excluding hydrogens is 335 g/mol. The number of hydrogen-bond acceptors (Lipinski definition) is 7. The SMILES string of the molecule is CNc1cc(N2CCN(Cc3ccc(F)cc3)C(CCO)C2)nc(N)n1. The Kier molecular flexibility index (Phi) is 5.85. The number of nitrogen functional groups attached to an aromatic ring is 1. The average Bonchev–Trinajstić information content (AvgIpc) is 2.64. The van der Waals surface area contributed by atoms with Crippen molar-refractivity contribution in [2.75, 3.05) is 49.2 Å². The van der Waals surface area contributed by atoms with Gasteiger partial charge in [0, 0.05) is 51.9 Å². The third-order valence-corrected chi connectivity index (χ3v) is 4.68. The van der Waals surface area contributed by atoms with Crippen molar-refractivity contribution in [1.82, 2.24) is 14.9 Å². The van der Waals surface area contributed by atoms with Crippen LogP contribution in [0.2, 0.25) is 0 Å². The molecule has 7 nitrogen and oxygen atoms in total. The number of hydrogen-bond donors (Lipinski definition) is 3. The number of aromatic nitrogens is 2. The van der Waals surface area contributed by atoms with Gasteiger partial charge in [-0.1, -0.05) is 12.1 Å². The van der Waals surface area contributed by atoms with Crippen LogP contribution >= 0.6 is 0 Å². The molecule has 0 spiro atoms. The van der Waals surface area contributed by atoms with Crippen molar-refractivity contribution in [3.63, 3.8) is 0 Å². The molecule has 1 fully saturated rings. The Morgan fingerprint density at radius 3 is 2.73 bits per heavy atom. The van der Waals surface area contributed by atoms with E-state index in [1.54, 1.807) is 7.05 Å². The molecule has 0 amide bonds. The highest BCUT2D eigenvalue weighted by atomic mass is 19.1. The molecule has 1 unspecified atom stereocenters. The van der Waals surface area contributed by atoms with Crippen molar-refractivity contribution in [3.8, 4) is 0 Å². The predicted molar refractivity (Wildman–Crippen MR) is 101 cm³/mol. The Labute approximate surface area is 152 Å². The van der Waals surface area contributed by atoms with Crippen molar-refractivity contribution in [2.45, 2.75) is 19.0 Å². The zero-order chi connectivity index (χ0) is 18.5. The van der Waals surface area contributed by atoms with Gasteiger partial charge >= 0.3 is 0 Å². The Morgan fingerprint density at radius 2 is 2.04 bits per heavy atom. The molecule has 1 aliphatic heterocycles. The van der Waals surface area contributed by atoms with Crippen LogP contribution in [-0.2, 0) is 6.54 Å². The van der Waals surface area contributed by atoms with E-state index in [4.69, 9.17) is 5.73 Å². The lowest BCUT2D eigenvalue weighted by atomic mass is 10.1. The van der Waals surface area contributed by atoms with E-state index >= 15 is 0 Å². The van der Waals surface area contributed by atoms with Crippen molar-refractivity contribution in [2.24, 2.45) is 0 Å². The summed E-state index contributed by atoms with van der Waals surface area (Å²) in [5.41, 5.74) is 6.87. The van der Waals surface area contributed by atoms with Crippen LogP contribution in [0.15, 0.2) is 30.3 Å². The van der Waals surface area contributed by atoms with Crippen LogP contribution < -0.4 is 16.0 Å². The number of benzene rings is 1. The Morgan fingerprint density at radius 1 is 1.27 bits per heavy atom. The predicted octanol–water partition coefficient (Wildman–Crippen LogP) is 1.31. The molecule has 1 aromatic carbocycles. The molecule has 1 atom stereocenters. The van der Waals surface area contributed by atoms with Gasteiger partial charge in [0.25, 0.3) is 0 Å². The Bertz CT molecular complexity index is 726. The molecule has 26 heavy (non-hydrogen) atoms. The number of halogens is 1. The molecule has 1 saturated heterocycles. The average molecular weight is 360 g/mol. The van der Waals surface area contributed by atoms with Crippen molar-refractivity contribution >= 4 is 17.6 Å². The number of aliphatic hydroxyl groups excluding tert-OH is 1. The van der Waals surface area contributed by atoms with E-state index in [-0.39, 0.29) is 24.4 Å². The first-order valence-corrected chi connectivity index (χ1v) is 8.75. The first-order chi connectivity index (χ1) is 12.6. The third-order valence-electron chi connectivity index (χ3n) is 4.68. The molecule has 2 heterocycles. The van der Waals surface area contributed by atoms with Crippen LogP contribution in [0.1, 0.15) is 12.0 Å². The lowest BCUT2D eigenvalue weighted by Crippen LogP contribution is -2.53. The molecule has 2 aromatic rings. The minimum Gasteiger partial charge on any atom is -0.396 e. The highest BCUT2D eigenvalue weighted by Gasteiger charge is 2.27. The maximum absolute atomic E-state index is 13.1. The maximum atomic E-state index is 13.1. The van der Waals surface area contributed by atoms with Gasteiger partial charge in [0.1, 0.15) is 17.5 Å². The second-order valence-electron chi connectivity index (χ2n) is 6.43. The Balaban J connectivity index is 1.73. The van der Waals surface area contributed by atoms with E-state index in [9.17, 15) is 9.50 Å². The first kappa shape index (κ1) is 18.3. The molecule has 8 heteroatoms. The highest BCUT2D eigenvalue weighted by molar-refractivity contribution is 5.52. The van der Waals surface area contributed by atoms with Crippen LogP contribution in [0.5, 0.6) is 0 Å². The molecule has 0 saturated carbocycles. The molecule has 1 aliphatic rings. The zero-order valence-electron chi connectivity index (χ0n) is 14.9. The number of anilines is 3. The summed E-state index contributed by atoms with van der Waals surface area (Å²) in [5.74, 6) is 1.47. The minimum atomic E-state index is -0.229. The summed E-state index contributed by atoms with van der Waals surface area (Å²) in [6.07, 6.45) is 0.664. The van der Waals surface area contributed by atoms with E-state index in [0.29, 0.717) is 12.2 Å². The molecule has 0 bridgehead atoms. The van der Waals surface area contributed by atoms with Crippen LogP contribution in [0.3, 0.4) is 0 Å². The summed E-state index contributed by atoms with van der Waals surface area (Å²) in [5, 5.41) is 12.5. The van der Waals surface area contributed by atoms with Crippen molar-refractivity contribution in [1.29, 1.82) is 0 Å². The second-order valence-corrected chi connectivity index (χ2v) is 6.43. The summed E-state index contributed by atoms with van der Waals surface area (Å²) in [4.78, 5) is 13.0. The molecule has 140 valence electrons. The normalized spacial score (nSPS) is 18.1.